The maximum absolute atomic E-state index is 12.6. The number of hydrogen-bond donors (Lipinski definition) is 1. The fourth-order valence-electron chi connectivity index (χ4n) is 2.43. The number of amides is 1. The molecule has 21 heavy (non-hydrogen) atoms. The molecule has 1 amide bonds. The lowest BCUT2D eigenvalue weighted by molar-refractivity contribution is -0.118. The molecule has 1 aliphatic heterocycles. The van der Waals surface area contributed by atoms with Gasteiger partial charge in [0.1, 0.15) is 5.75 Å². The van der Waals surface area contributed by atoms with Gasteiger partial charge in [0.15, 0.2) is 0 Å². The van der Waals surface area contributed by atoms with Crippen molar-refractivity contribution in [2.45, 2.75) is 12.3 Å². The predicted octanol–water partition coefficient (Wildman–Crippen LogP) is 4.61. The van der Waals surface area contributed by atoms with Gasteiger partial charge < -0.3 is 10.1 Å². The molecule has 1 N–H and O–H groups in total. The van der Waals surface area contributed by atoms with Crippen LogP contribution < -0.4 is 10.1 Å². The molecule has 0 saturated heterocycles. The second-order valence-electron chi connectivity index (χ2n) is 4.84. The molecule has 2 aromatic carbocycles. The van der Waals surface area contributed by atoms with Crippen molar-refractivity contribution in [1.82, 2.24) is 0 Å². The minimum absolute atomic E-state index is 0.0475. The normalized spacial score (nSPS) is 16.8. The summed E-state index contributed by atoms with van der Waals surface area (Å²) in [6.07, 6.45) is 0.668. The summed E-state index contributed by atoms with van der Waals surface area (Å²) in [6, 6.07) is 13.0. The van der Waals surface area contributed by atoms with E-state index in [9.17, 15) is 4.79 Å². The van der Waals surface area contributed by atoms with Gasteiger partial charge in [-0.1, -0.05) is 29.8 Å². The van der Waals surface area contributed by atoms with Crippen LogP contribution in [0.4, 0.5) is 5.69 Å². The van der Waals surface area contributed by atoms with Gasteiger partial charge in [0.05, 0.1) is 18.2 Å². The molecule has 1 heterocycles. The number of carbonyl (C=O) groups is 1. The van der Waals surface area contributed by atoms with E-state index >= 15 is 0 Å². The maximum atomic E-state index is 12.6. The number of nitrogens with one attached hydrogen (secondary N) is 1. The van der Waals surface area contributed by atoms with Crippen LogP contribution in [-0.2, 0) is 4.79 Å². The number of fused-ring (bicyclic) bond motifs is 1. The fraction of sp³-hybridized carbons (Fsp3) is 0.188. The predicted molar refractivity (Wildman–Crippen MR) is 87.1 cm³/mol. The van der Waals surface area contributed by atoms with Crippen LogP contribution in [0.1, 0.15) is 17.9 Å². The molecule has 3 nitrogen and oxygen atoms in total. The molecular formula is C16H13BrClNO2. The zero-order valence-corrected chi connectivity index (χ0v) is 13.4. The molecule has 5 heteroatoms. The van der Waals surface area contributed by atoms with Gasteiger partial charge in [0, 0.05) is 15.1 Å². The number of halogens is 2. The summed E-state index contributed by atoms with van der Waals surface area (Å²) in [7, 11) is 0. The van der Waals surface area contributed by atoms with Crippen molar-refractivity contribution in [2.75, 3.05) is 11.9 Å². The van der Waals surface area contributed by atoms with Gasteiger partial charge in [-0.05, 0) is 46.6 Å². The third-order valence-corrected chi connectivity index (χ3v) is 4.39. The van der Waals surface area contributed by atoms with Crippen molar-refractivity contribution in [1.29, 1.82) is 0 Å². The Labute approximate surface area is 136 Å². The average molecular weight is 367 g/mol. The summed E-state index contributed by atoms with van der Waals surface area (Å²) in [5.41, 5.74) is 1.61. The van der Waals surface area contributed by atoms with Gasteiger partial charge in [-0.25, -0.2) is 0 Å². The van der Waals surface area contributed by atoms with Gasteiger partial charge in [-0.15, -0.1) is 0 Å². The van der Waals surface area contributed by atoms with E-state index in [1.54, 1.807) is 12.1 Å². The first kappa shape index (κ1) is 14.4. The molecule has 0 saturated carbocycles. The highest BCUT2D eigenvalue weighted by Crippen LogP contribution is 2.35. The summed E-state index contributed by atoms with van der Waals surface area (Å²) >= 11 is 9.39. The second kappa shape index (κ2) is 6.08. The maximum Gasteiger partial charge on any atom is 0.232 e. The molecule has 1 unspecified atom stereocenters. The molecule has 2 aromatic rings. The molecule has 1 atom stereocenters. The molecular weight excluding hydrogens is 354 g/mol. The first-order valence-electron chi connectivity index (χ1n) is 6.63. The highest BCUT2D eigenvalue weighted by molar-refractivity contribution is 9.10. The van der Waals surface area contributed by atoms with Crippen LogP contribution in [0.15, 0.2) is 46.9 Å². The lowest BCUT2D eigenvalue weighted by Crippen LogP contribution is -2.26. The molecule has 0 fully saturated rings. The molecule has 3 rings (SSSR count). The van der Waals surface area contributed by atoms with Crippen LogP contribution in [0.3, 0.4) is 0 Å². The van der Waals surface area contributed by atoms with Crippen LogP contribution in [-0.4, -0.2) is 12.5 Å². The van der Waals surface area contributed by atoms with Gasteiger partial charge in [0.25, 0.3) is 0 Å². The topological polar surface area (TPSA) is 38.3 Å². The van der Waals surface area contributed by atoms with E-state index in [2.05, 4.69) is 21.2 Å². The summed E-state index contributed by atoms with van der Waals surface area (Å²) in [4.78, 5) is 12.6. The number of benzene rings is 2. The number of hydrogen-bond acceptors (Lipinski definition) is 2. The first-order chi connectivity index (χ1) is 10.1. The van der Waals surface area contributed by atoms with Gasteiger partial charge in [-0.3, -0.25) is 4.79 Å². The molecule has 0 radical (unpaired) electrons. The molecule has 0 aliphatic carbocycles. The lowest BCUT2D eigenvalue weighted by atomic mass is 9.92. The van der Waals surface area contributed by atoms with E-state index in [1.165, 1.54) is 0 Å². The minimum Gasteiger partial charge on any atom is -0.493 e. The fourth-order valence-corrected chi connectivity index (χ4v) is 2.95. The quantitative estimate of drug-likeness (QED) is 0.843. The monoisotopic (exact) mass is 365 g/mol. The van der Waals surface area contributed by atoms with Crippen molar-refractivity contribution >= 4 is 39.1 Å². The van der Waals surface area contributed by atoms with Crippen molar-refractivity contribution in [2.24, 2.45) is 0 Å². The summed E-state index contributed by atoms with van der Waals surface area (Å²) in [5.74, 6) is 0.531. The van der Waals surface area contributed by atoms with E-state index in [-0.39, 0.29) is 11.8 Å². The molecule has 1 aliphatic rings. The number of carbonyl (C=O) groups excluding carboxylic acids is 1. The van der Waals surface area contributed by atoms with Gasteiger partial charge in [0.2, 0.25) is 5.91 Å². The van der Waals surface area contributed by atoms with Crippen molar-refractivity contribution in [3.05, 3.63) is 57.5 Å². The molecule has 0 bridgehead atoms. The summed E-state index contributed by atoms with van der Waals surface area (Å²) in [5, 5.41) is 3.52. The highest BCUT2D eigenvalue weighted by Gasteiger charge is 2.27. The van der Waals surface area contributed by atoms with Gasteiger partial charge >= 0.3 is 0 Å². The lowest BCUT2D eigenvalue weighted by Gasteiger charge is -2.25. The Morgan fingerprint density at radius 2 is 2.10 bits per heavy atom. The Kier molecular flexibility index (Phi) is 4.17. The summed E-state index contributed by atoms with van der Waals surface area (Å²) in [6.45, 7) is 0.547. The third kappa shape index (κ3) is 3.06. The molecule has 0 aromatic heterocycles. The van der Waals surface area contributed by atoms with Crippen LogP contribution in [0.25, 0.3) is 0 Å². The Hall–Kier alpha value is -1.52. The van der Waals surface area contributed by atoms with E-state index in [1.807, 2.05) is 30.3 Å². The van der Waals surface area contributed by atoms with E-state index in [0.29, 0.717) is 23.7 Å². The Balaban J connectivity index is 1.85. The van der Waals surface area contributed by atoms with Crippen LogP contribution in [0.2, 0.25) is 5.02 Å². The van der Waals surface area contributed by atoms with Crippen molar-refractivity contribution < 1.29 is 9.53 Å². The van der Waals surface area contributed by atoms with Crippen molar-refractivity contribution in [3.63, 3.8) is 0 Å². The van der Waals surface area contributed by atoms with E-state index in [0.717, 1.165) is 15.8 Å². The first-order valence-corrected chi connectivity index (χ1v) is 7.80. The number of anilines is 1. The Bertz CT molecular complexity index is 690. The Morgan fingerprint density at radius 1 is 1.29 bits per heavy atom. The van der Waals surface area contributed by atoms with E-state index in [4.69, 9.17) is 16.3 Å². The van der Waals surface area contributed by atoms with Crippen LogP contribution in [0.5, 0.6) is 5.75 Å². The van der Waals surface area contributed by atoms with Crippen LogP contribution >= 0.6 is 27.5 Å². The smallest absolute Gasteiger partial charge is 0.232 e. The highest BCUT2D eigenvalue weighted by atomic mass is 79.9. The minimum atomic E-state index is -0.208. The van der Waals surface area contributed by atoms with Crippen LogP contribution in [0, 0.1) is 0 Å². The zero-order valence-electron chi connectivity index (χ0n) is 11.1. The standard InChI is InChI=1S/C16H13BrClNO2/c17-13-6-5-10(18)9-14(13)19-16(20)12-7-8-21-15-4-2-1-3-11(12)15/h1-6,9,12H,7-8H2,(H,19,20). The number of para-hydroxylation sites is 1. The Morgan fingerprint density at radius 3 is 2.95 bits per heavy atom. The third-order valence-electron chi connectivity index (χ3n) is 3.46. The van der Waals surface area contributed by atoms with Gasteiger partial charge in [-0.2, -0.15) is 0 Å². The zero-order chi connectivity index (χ0) is 14.8. The molecule has 108 valence electrons. The summed E-state index contributed by atoms with van der Waals surface area (Å²) < 4.78 is 6.39. The number of rotatable bonds is 2. The second-order valence-corrected chi connectivity index (χ2v) is 6.13. The van der Waals surface area contributed by atoms with E-state index < -0.39 is 0 Å². The SMILES string of the molecule is O=C(Nc1cc(Cl)ccc1Br)C1CCOc2ccccc21. The largest absolute Gasteiger partial charge is 0.493 e. The number of ether oxygens (including phenoxy) is 1. The average Bonchev–Trinajstić information content (AvgIpc) is 2.50. The molecule has 0 spiro atoms. The van der Waals surface area contributed by atoms with Crippen molar-refractivity contribution in [3.8, 4) is 5.75 Å².